The van der Waals surface area contributed by atoms with Gasteiger partial charge in [0.1, 0.15) is 0 Å². The van der Waals surface area contributed by atoms with Gasteiger partial charge < -0.3 is 4.90 Å². The van der Waals surface area contributed by atoms with Crippen molar-refractivity contribution in [3.8, 4) is 0 Å². The fourth-order valence-electron chi connectivity index (χ4n) is 0.919. The van der Waals surface area contributed by atoms with E-state index in [1.54, 1.807) is 7.05 Å². The van der Waals surface area contributed by atoms with E-state index in [-0.39, 0.29) is 0 Å². The van der Waals surface area contributed by atoms with Crippen LogP contribution in [0.4, 0.5) is 0 Å². The molecule has 0 aromatic heterocycles. The summed E-state index contributed by atoms with van der Waals surface area (Å²) in [5.41, 5.74) is 0. The Hall–Kier alpha value is 0.0700. The molecular weight excluding hydrogens is 148 g/mol. The molecule has 10 heavy (non-hydrogen) atoms. The van der Waals surface area contributed by atoms with E-state index in [4.69, 9.17) is 0 Å². The lowest BCUT2D eigenvalue weighted by atomic mass is 10.2. The Morgan fingerprint density at radius 2 is 2.30 bits per heavy atom. The van der Waals surface area contributed by atoms with Crippen molar-refractivity contribution in [3.63, 3.8) is 0 Å². The Balaban J connectivity index is 1.98. The predicted octanol–water partition coefficient (Wildman–Crippen LogP) is -0.425. The number of rotatable bonds is 4. The monoisotopic (exact) mass is 162 g/mol. The topological polar surface area (TPSA) is 32.3 Å². The summed E-state index contributed by atoms with van der Waals surface area (Å²) >= 11 is 0. The third-order valence-corrected chi connectivity index (χ3v) is 2.78. The molecule has 0 aromatic carbocycles. The van der Waals surface area contributed by atoms with E-state index in [2.05, 4.69) is 9.62 Å². The van der Waals surface area contributed by atoms with Gasteiger partial charge in [0.15, 0.2) is 0 Å². The maximum absolute atomic E-state index is 10.8. The normalized spacial score (nSPS) is 22.1. The first kappa shape index (κ1) is 8.17. The van der Waals surface area contributed by atoms with Crippen LogP contribution >= 0.6 is 0 Å². The molecule has 0 bridgehead atoms. The number of likely N-dealkylation sites (tertiary alicyclic amines) is 1. The van der Waals surface area contributed by atoms with Gasteiger partial charge in [0.2, 0.25) is 0 Å². The Kier molecular flexibility index (Phi) is 3.31. The molecule has 0 radical (unpaired) electrons. The smallest absolute Gasteiger partial charge is 0.0925 e. The molecule has 0 aromatic rings. The minimum Gasteiger partial charge on any atom is -0.302 e. The summed E-state index contributed by atoms with van der Waals surface area (Å²) in [4.78, 5) is 2.31. The van der Waals surface area contributed by atoms with Crippen LogP contribution in [-0.4, -0.2) is 41.5 Å². The van der Waals surface area contributed by atoms with Gasteiger partial charge in [0, 0.05) is 6.54 Å². The fraction of sp³-hybridized carbons (Fsp3) is 1.00. The molecule has 1 atom stereocenters. The number of nitrogens with zero attached hydrogens (tertiary/aromatic N) is 1. The Labute approximate surface area is 64.4 Å². The van der Waals surface area contributed by atoms with E-state index in [0.717, 1.165) is 12.3 Å². The zero-order chi connectivity index (χ0) is 7.40. The highest BCUT2D eigenvalue weighted by Gasteiger charge is 2.13. The second-order valence-electron chi connectivity index (χ2n) is 2.45. The van der Waals surface area contributed by atoms with Gasteiger partial charge in [-0.2, -0.15) is 0 Å². The zero-order valence-electron chi connectivity index (χ0n) is 6.30. The first-order valence-electron chi connectivity index (χ1n) is 3.61. The molecule has 0 aliphatic carbocycles. The van der Waals surface area contributed by atoms with E-state index >= 15 is 0 Å². The van der Waals surface area contributed by atoms with Crippen LogP contribution in [0, 0.1) is 0 Å². The SMILES string of the molecule is CNS(=O)CCN1CCC1. The highest BCUT2D eigenvalue weighted by molar-refractivity contribution is 7.83. The molecular formula is C6H14N2OS. The molecule has 1 saturated heterocycles. The lowest BCUT2D eigenvalue weighted by Crippen LogP contribution is -2.40. The lowest BCUT2D eigenvalue weighted by Gasteiger charge is -2.30. The molecule has 0 amide bonds. The van der Waals surface area contributed by atoms with Crippen molar-refractivity contribution in [2.24, 2.45) is 0 Å². The van der Waals surface area contributed by atoms with E-state index in [0.29, 0.717) is 0 Å². The van der Waals surface area contributed by atoms with Gasteiger partial charge in [-0.15, -0.1) is 0 Å². The third-order valence-electron chi connectivity index (χ3n) is 1.77. The van der Waals surface area contributed by atoms with Crippen molar-refractivity contribution in [1.82, 2.24) is 9.62 Å². The van der Waals surface area contributed by atoms with Crippen LogP contribution in [0.5, 0.6) is 0 Å². The summed E-state index contributed by atoms with van der Waals surface area (Å²) in [5, 5.41) is 0. The average Bonchev–Trinajstić information content (AvgIpc) is 1.84. The molecule has 1 aliphatic heterocycles. The summed E-state index contributed by atoms with van der Waals surface area (Å²) in [7, 11) is 0.921. The molecule has 60 valence electrons. The highest BCUT2D eigenvalue weighted by atomic mass is 32.2. The second kappa shape index (κ2) is 4.05. The Morgan fingerprint density at radius 1 is 1.60 bits per heavy atom. The molecule has 4 heteroatoms. The summed E-state index contributed by atoms with van der Waals surface area (Å²) in [6.07, 6.45) is 1.31. The second-order valence-corrected chi connectivity index (χ2v) is 3.96. The first-order chi connectivity index (χ1) is 4.83. The molecule has 1 N–H and O–H groups in total. The van der Waals surface area contributed by atoms with Gasteiger partial charge in [0.05, 0.1) is 16.7 Å². The minimum absolute atomic E-state index is 0.760. The van der Waals surface area contributed by atoms with Crippen molar-refractivity contribution in [1.29, 1.82) is 0 Å². The number of nitrogens with one attached hydrogen (secondary N) is 1. The third kappa shape index (κ3) is 2.36. The summed E-state index contributed by atoms with van der Waals surface area (Å²) in [5.74, 6) is 0.760. The van der Waals surface area contributed by atoms with Gasteiger partial charge in [-0.3, -0.25) is 0 Å². The van der Waals surface area contributed by atoms with Crippen molar-refractivity contribution >= 4 is 11.0 Å². The molecule has 0 saturated carbocycles. The molecule has 1 rings (SSSR count). The van der Waals surface area contributed by atoms with Crippen LogP contribution in [0.1, 0.15) is 6.42 Å². The van der Waals surface area contributed by atoms with Crippen LogP contribution in [0.25, 0.3) is 0 Å². The van der Waals surface area contributed by atoms with Gasteiger partial charge in [-0.25, -0.2) is 8.93 Å². The molecule has 0 spiro atoms. The van der Waals surface area contributed by atoms with Crippen molar-refractivity contribution in [2.75, 3.05) is 32.4 Å². The summed E-state index contributed by atoms with van der Waals surface area (Å²) < 4.78 is 13.5. The molecule has 1 heterocycles. The van der Waals surface area contributed by atoms with Crippen molar-refractivity contribution < 1.29 is 4.21 Å². The maximum Gasteiger partial charge on any atom is 0.0925 e. The lowest BCUT2D eigenvalue weighted by molar-refractivity contribution is 0.193. The number of hydrogen-bond donors (Lipinski definition) is 1. The largest absolute Gasteiger partial charge is 0.302 e. The summed E-state index contributed by atoms with van der Waals surface area (Å²) in [6.45, 7) is 3.37. The minimum atomic E-state index is -0.807. The van der Waals surface area contributed by atoms with E-state index in [1.807, 2.05) is 0 Å². The van der Waals surface area contributed by atoms with Crippen LogP contribution in [-0.2, 0) is 11.0 Å². The van der Waals surface area contributed by atoms with Crippen LogP contribution in [0.2, 0.25) is 0 Å². The Morgan fingerprint density at radius 3 is 2.70 bits per heavy atom. The van der Waals surface area contributed by atoms with E-state index in [1.165, 1.54) is 19.5 Å². The average molecular weight is 162 g/mol. The standard InChI is InChI=1S/C6H14N2OS/c1-7-10(9)6-5-8-3-2-4-8/h7H,2-6H2,1H3. The number of hydrogen-bond acceptors (Lipinski definition) is 2. The van der Waals surface area contributed by atoms with Gasteiger partial charge in [0.25, 0.3) is 0 Å². The molecule has 3 nitrogen and oxygen atoms in total. The van der Waals surface area contributed by atoms with Crippen LogP contribution < -0.4 is 4.72 Å². The first-order valence-corrected chi connectivity index (χ1v) is 4.93. The maximum atomic E-state index is 10.8. The van der Waals surface area contributed by atoms with Gasteiger partial charge in [-0.05, 0) is 26.6 Å². The van der Waals surface area contributed by atoms with Gasteiger partial charge >= 0.3 is 0 Å². The quantitative estimate of drug-likeness (QED) is 0.608. The van der Waals surface area contributed by atoms with Crippen molar-refractivity contribution in [2.45, 2.75) is 6.42 Å². The van der Waals surface area contributed by atoms with Crippen LogP contribution in [0.15, 0.2) is 0 Å². The van der Waals surface area contributed by atoms with E-state index in [9.17, 15) is 4.21 Å². The molecule has 1 fully saturated rings. The molecule has 1 unspecified atom stereocenters. The highest BCUT2D eigenvalue weighted by Crippen LogP contribution is 2.03. The van der Waals surface area contributed by atoms with Gasteiger partial charge in [-0.1, -0.05) is 0 Å². The molecule has 1 aliphatic rings. The zero-order valence-corrected chi connectivity index (χ0v) is 7.12. The van der Waals surface area contributed by atoms with Crippen molar-refractivity contribution in [3.05, 3.63) is 0 Å². The predicted molar refractivity (Wildman–Crippen MR) is 43.1 cm³/mol. The Bertz CT molecular complexity index is 125. The van der Waals surface area contributed by atoms with E-state index < -0.39 is 11.0 Å². The van der Waals surface area contributed by atoms with Crippen LogP contribution in [0.3, 0.4) is 0 Å². The fourth-order valence-corrected chi connectivity index (χ4v) is 1.55. The summed E-state index contributed by atoms with van der Waals surface area (Å²) in [6, 6.07) is 0.